The molecule has 5 nitrogen and oxygen atoms in total. The second-order valence-electron chi connectivity index (χ2n) is 4.93. The predicted molar refractivity (Wildman–Crippen MR) is 90.3 cm³/mol. The van der Waals surface area contributed by atoms with Gasteiger partial charge in [-0.3, -0.25) is 4.79 Å². The Bertz CT molecular complexity index is 788. The minimum atomic E-state index is -3.72. The number of carbonyl (C=O) groups excluding carboxylic acids is 1. The van der Waals surface area contributed by atoms with E-state index in [0.717, 1.165) is 15.6 Å². The maximum atomic E-state index is 12.0. The standard InChI is InChI=1S/C16H16BrNO4S/c1-12-5-7-15(8-6-12)23(20,21)18-10-16(19)22-11-13-3-2-4-14(17)9-13/h2-9,18H,10-11H2,1H3. The van der Waals surface area contributed by atoms with Crippen molar-refractivity contribution in [2.45, 2.75) is 18.4 Å². The summed E-state index contributed by atoms with van der Waals surface area (Å²) in [5.41, 5.74) is 1.77. The van der Waals surface area contributed by atoms with Gasteiger partial charge in [0.15, 0.2) is 0 Å². The second kappa shape index (κ2) is 7.72. The summed E-state index contributed by atoms with van der Waals surface area (Å²) in [6.07, 6.45) is 0. The molecule has 0 aliphatic heterocycles. The summed E-state index contributed by atoms with van der Waals surface area (Å²) in [5, 5.41) is 0. The van der Waals surface area contributed by atoms with Gasteiger partial charge in [-0.2, -0.15) is 4.72 Å². The molecule has 122 valence electrons. The number of nitrogens with one attached hydrogen (secondary N) is 1. The van der Waals surface area contributed by atoms with Gasteiger partial charge in [0, 0.05) is 4.47 Å². The Balaban J connectivity index is 1.87. The summed E-state index contributed by atoms with van der Waals surface area (Å²) < 4.78 is 32.2. The van der Waals surface area contributed by atoms with Crippen LogP contribution in [0.2, 0.25) is 0 Å². The number of hydrogen-bond acceptors (Lipinski definition) is 4. The minimum absolute atomic E-state index is 0.0878. The Kier molecular flexibility index (Phi) is 5.92. The van der Waals surface area contributed by atoms with Crippen molar-refractivity contribution in [3.63, 3.8) is 0 Å². The molecule has 0 aliphatic rings. The Morgan fingerprint density at radius 3 is 2.52 bits per heavy atom. The highest BCUT2D eigenvalue weighted by atomic mass is 79.9. The first-order valence-corrected chi connectivity index (χ1v) is 9.11. The van der Waals surface area contributed by atoms with Gasteiger partial charge in [-0.05, 0) is 36.8 Å². The van der Waals surface area contributed by atoms with E-state index in [1.165, 1.54) is 12.1 Å². The van der Waals surface area contributed by atoms with Gasteiger partial charge in [0.25, 0.3) is 0 Å². The highest BCUT2D eigenvalue weighted by molar-refractivity contribution is 9.10. The zero-order valence-corrected chi connectivity index (χ0v) is 14.9. The number of carbonyl (C=O) groups is 1. The zero-order chi connectivity index (χ0) is 16.9. The molecule has 0 aromatic heterocycles. The van der Waals surface area contributed by atoms with Gasteiger partial charge >= 0.3 is 5.97 Å². The van der Waals surface area contributed by atoms with Gasteiger partial charge in [-0.15, -0.1) is 0 Å². The van der Waals surface area contributed by atoms with Crippen LogP contribution >= 0.6 is 15.9 Å². The average molecular weight is 398 g/mol. The Morgan fingerprint density at radius 1 is 1.17 bits per heavy atom. The quantitative estimate of drug-likeness (QED) is 0.760. The van der Waals surface area contributed by atoms with Crippen molar-refractivity contribution >= 4 is 31.9 Å². The molecule has 2 aromatic rings. The van der Waals surface area contributed by atoms with E-state index >= 15 is 0 Å². The predicted octanol–water partition coefficient (Wildman–Crippen LogP) is 2.78. The summed E-state index contributed by atoms with van der Waals surface area (Å²) in [4.78, 5) is 11.8. The molecule has 0 radical (unpaired) electrons. The molecule has 0 heterocycles. The molecule has 0 saturated carbocycles. The normalized spacial score (nSPS) is 11.2. The molecular weight excluding hydrogens is 382 g/mol. The molecule has 23 heavy (non-hydrogen) atoms. The van der Waals surface area contributed by atoms with Crippen LogP contribution in [-0.4, -0.2) is 20.9 Å². The Morgan fingerprint density at radius 2 is 1.87 bits per heavy atom. The van der Waals surface area contributed by atoms with Crippen LogP contribution in [0, 0.1) is 6.92 Å². The van der Waals surface area contributed by atoms with Gasteiger partial charge in [0.2, 0.25) is 10.0 Å². The minimum Gasteiger partial charge on any atom is -0.460 e. The molecule has 7 heteroatoms. The third kappa shape index (κ3) is 5.46. The number of aryl methyl sites for hydroxylation is 1. The number of halogens is 1. The Labute approximate surface area is 143 Å². The number of ether oxygens (including phenoxy) is 1. The Hall–Kier alpha value is -1.70. The first-order valence-electron chi connectivity index (χ1n) is 6.83. The lowest BCUT2D eigenvalue weighted by Gasteiger charge is -2.08. The van der Waals surface area contributed by atoms with E-state index in [0.29, 0.717) is 0 Å². The van der Waals surface area contributed by atoms with Gasteiger partial charge in [-0.25, -0.2) is 8.42 Å². The van der Waals surface area contributed by atoms with E-state index in [2.05, 4.69) is 20.7 Å². The van der Waals surface area contributed by atoms with Crippen molar-refractivity contribution in [3.05, 3.63) is 64.1 Å². The molecule has 0 atom stereocenters. The fourth-order valence-corrected chi connectivity index (χ4v) is 3.21. The summed E-state index contributed by atoms with van der Waals surface area (Å²) in [5.74, 6) is -0.638. The van der Waals surface area contributed by atoms with Crippen LogP contribution in [-0.2, 0) is 26.2 Å². The molecule has 0 unspecified atom stereocenters. The molecule has 2 rings (SSSR count). The summed E-state index contributed by atoms with van der Waals surface area (Å²) in [6, 6.07) is 13.7. The van der Waals surface area contributed by atoms with Crippen molar-refractivity contribution in [1.82, 2.24) is 4.72 Å². The van der Waals surface area contributed by atoms with Gasteiger partial charge in [-0.1, -0.05) is 45.8 Å². The molecule has 0 bridgehead atoms. The van der Waals surface area contributed by atoms with Crippen LogP contribution < -0.4 is 4.72 Å². The van der Waals surface area contributed by atoms with E-state index in [4.69, 9.17) is 4.74 Å². The number of esters is 1. The van der Waals surface area contributed by atoms with Crippen LogP contribution in [0.4, 0.5) is 0 Å². The van der Waals surface area contributed by atoms with Crippen LogP contribution in [0.3, 0.4) is 0 Å². The topological polar surface area (TPSA) is 72.5 Å². The number of sulfonamides is 1. The molecule has 0 saturated heterocycles. The molecule has 1 N–H and O–H groups in total. The fraction of sp³-hybridized carbons (Fsp3) is 0.188. The van der Waals surface area contributed by atoms with Crippen LogP contribution in [0.25, 0.3) is 0 Å². The maximum Gasteiger partial charge on any atom is 0.321 e. The van der Waals surface area contributed by atoms with Crippen molar-refractivity contribution in [1.29, 1.82) is 0 Å². The van der Waals surface area contributed by atoms with E-state index in [9.17, 15) is 13.2 Å². The van der Waals surface area contributed by atoms with Crippen LogP contribution in [0.1, 0.15) is 11.1 Å². The summed E-state index contributed by atoms with van der Waals surface area (Å²) in [6.45, 7) is 1.54. The molecule has 0 fully saturated rings. The van der Waals surface area contributed by atoms with E-state index in [-0.39, 0.29) is 11.5 Å². The van der Waals surface area contributed by atoms with Crippen LogP contribution in [0.5, 0.6) is 0 Å². The molecule has 2 aromatic carbocycles. The lowest BCUT2D eigenvalue weighted by molar-refractivity contribution is -0.143. The van der Waals surface area contributed by atoms with E-state index in [1.807, 2.05) is 31.2 Å². The zero-order valence-electron chi connectivity index (χ0n) is 12.5. The summed E-state index contributed by atoms with van der Waals surface area (Å²) in [7, 11) is -3.72. The second-order valence-corrected chi connectivity index (χ2v) is 7.61. The first kappa shape index (κ1) is 17.7. The average Bonchev–Trinajstić information content (AvgIpc) is 2.51. The van der Waals surface area contributed by atoms with E-state index < -0.39 is 22.5 Å². The third-order valence-electron chi connectivity index (χ3n) is 3.03. The van der Waals surface area contributed by atoms with Gasteiger partial charge < -0.3 is 4.74 Å². The summed E-state index contributed by atoms with van der Waals surface area (Å²) >= 11 is 3.32. The lowest BCUT2D eigenvalue weighted by atomic mass is 10.2. The lowest BCUT2D eigenvalue weighted by Crippen LogP contribution is -2.30. The third-order valence-corrected chi connectivity index (χ3v) is 4.94. The van der Waals surface area contributed by atoms with Crippen molar-refractivity contribution < 1.29 is 17.9 Å². The maximum absolute atomic E-state index is 12.0. The highest BCUT2D eigenvalue weighted by Crippen LogP contribution is 2.12. The number of hydrogen-bond donors (Lipinski definition) is 1. The largest absolute Gasteiger partial charge is 0.460 e. The first-order chi connectivity index (χ1) is 10.9. The smallest absolute Gasteiger partial charge is 0.321 e. The van der Waals surface area contributed by atoms with Crippen molar-refractivity contribution in [3.8, 4) is 0 Å². The van der Waals surface area contributed by atoms with Crippen molar-refractivity contribution in [2.75, 3.05) is 6.54 Å². The van der Waals surface area contributed by atoms with Gasteiger partial charge in [0.05, 0.1) is 4.90 Å². The number of rotatable bonds is 6. The number of benzene rings is 2. The van der Waals surface area contributed by atoms with Gasteiger partial charge in [0.1, 0.15) is 13.2 Å². The molecule has 0 spiro atoms. The van der Waals surface area contributed by atoms with Crippen molar-refractivity contribution in [2.24, 2.45) is 0 Å². The van der Waals surface area contributed by atoms with Crippen LogP contribution in [0.15, 0.2) is 57.9 Å². The SMILES string of the molecule is Cc1ccc(S(=O)(=O)NCC(=O)OCc2cccc(Br)c2)cc1. The molecular formula is C16H16BrNO4S. The monoisotopic (exact) mass is 397 g/mol. The molecule has 0 aliphatic carbocycles. The molecule has 0 amide bonds. The highest BCUT2D eigenvalue weighted by Gasteiger charge is 2.15. The van der Waals surface area contributed by atoms with E-state index in [1.54, 1.807) is 12.1 Å². The fourth-order valence-electron chi connectivity index (χ4n) is 1.80.